The van der Waals surface area contributed by atoms with Gasteiger partial charge >= 0.3 is 0 Å². The van der Waals surface area contributed by atoms with Crippen molar-refractivity contribution in [3.05, 3.63) is 59.2 Å². The lowest BCUT2D eigenvalue weighted by atomic mass is 9.83. The fraction of sp³-hybridized carbons (Fsp3) is 0.533. The lowest BCUT2D eigenvalue weighted by Gasteiger charge is -2.33. The molecule has 1 N–H and O–H groups in total. The van der Waals surface area contributed by atoms with Crippen molar-refractivity contribution in [3.63, 3.8) is 0 Å². The summed E-state index contributed by atoms with van der Waals surface area (Å²) in [4.78, 5) is 18.8. The van der Waals surface area contributed by atoms with Crippen LogP contribution in [-0.2, 0) is 11.4 Å². The van der Waals surface area contributed by atoms with E-state index < -0.39 is 6.04 Å². The molecular formula is C30H38FN3O2. The number of carbonyl (C=O) groups is 1. The molecule has 2 fully saturated rings. The van der Waals surface area contributed by atoms with E-state index in [1.54, 1.807) is 6.07 Å². The maximum absolute atomic E-state index is 14.5. The maximum atomic E-state index is 14.5. The highest BCUT2D eigenvalue weighted by Gasteiger charge is 2.35. The van der Waals surface area contributed by atoms with Gasteiger partial charge in [-0.05, 0) is 75.3 Å². The third kappa shape index (κ3) is 5.42. The SMILES string of the molecule is Cc1ccc(OCc2nc3ccc(F)cc3n2[C@H](C(=O)NC2CCCCC2)C2CCCCC2)c(C)c1. The molecule has 1 aromatic heterocycles. The average molecular weight is 492 g/mol. The maximum Gasteiger partial charge on any atom is 0.243 e. The molecule has 2 saturated carbocycles. The zero-order valence-corrected chi connectivity index (χ0v) is 21.6. The number of rotatable bonds is 7. The molecule has 192 valence electrons. The van der Waals surface area contributed by atoms with Gasteiger partial charge in [0, 0.05) is 6.04 Å². The Morgan fingerprint density at radius 1 is 1.03 bits per heavy atom. The molecule has 36 heavy (non-hydrogen) atoms. The summed E-state index contributed by atoms with van der Waals surface area (Å²) < 4.78 is 22.7. The van der Waals surface area contributed by atoms with Crippen molar-refractivity contribution in [2.24, 2.45) is 5.92 Å². The summed E-state index contributed by atoms with van der Waals surface area (Å²) in [6, 6.07) is 10.6. The highest BCUT2D eigenvalue weighted by Crippen LogP contribution is 2.37. The minimum Gasteiger partial charge on any atom is -0.485 e. The molecule has 0 aliphatic heterocycles. The third-order valence-corrected chi connectivity index (χ3v) is 8.01. The van der Waals surface area contributed by atoms with Crippen molar-refractivity contribution >= 4 is 16.9 Å². The number of hydrogen-bond donors (Lipinski definition) is 1. The number of aromatic nitrogens is 2. The van der Waals surface area contributed by atoms with Crippen LogP contribution in [-0.4, -0.2) is 21.5 Å². The molecule has 5 rings (SSSR count). The number of imidazole rings is 1. The lowest BCUT2D eigenvalue weighted by molar-refractivity contribution is -0.127. The summed E-state index contributed by atoms with van der Waals surface area (Å²) >= 11 is 0. The van der Waals surface area contributed by atoms with Gasteiger partial charge in [-0.15, -0.1) is 0 Å². The van der Waals surface area contributed by atoms with Gasteiger partial charge in [0.25, 0.3) is 0 Å². The first kappa shape index (κ1) is 24.8. The predicted molar refractivity (Wildman–Crippen MR) is 141 cm³/mol. The highest BCUT2D eigenvalue weighted by atomic mass is 19.1. The number of aryl methyl sites for hydroxylation is 2. The lowest BCUT2D eigenvalue weighted by Crippen LogP contribution is -2.44. The van der Waals surface area contributed by atoms with Crippen LogP contribution < -0.4 is 10.1 Å². The second-order valence-electron chi connectivity index (χ2n) is 10.8. The summed E-state index contributed by atoms with van der Waals surface area (Å²) in [6.07, 6.45) is 11.1. The standard InChI is InChI=1S/C30H38FN3O2/c1-20-13-16-27(21(2)17-20)36-19-28-33-25-15-14-23(31)18-26(25)34(28)29(22-9-5-3-6-10-22)30(35)32-24-11-7-4-8-12-24/h13-18,22,24,29H,3-12,19H2,1-2H3,(H,32,35)/t29-/m0/s1. The van der Waals surface area contributed by atoms with Crippen LogP contribution in [0.4, 0.5) is 4.39 Å². The van der Waals surface area contributed by atoms with Gasteiger partial charge in [0.1, 0.15) is 30.0 Å². The number of amides is 1. The molecule has 1 atom stereocenters. The van der Waals surface area contributed by atoms with Crippen LogP contribution >= 0.6 is 0 Å². The Morgan fingerprint density at radius 3 is 2.47 bits per heavy atom. The van der Waals surface area contributed by atoms with Gasteiger partial charge in [0.15, 0.2) is 0 Å². The summed E-state index contributed by atoms with van der Waals surface area (Å²) in [6.45, 7) is 4.31. The minimum atomic E-state index is -0.420. The number of benzene rings is 2. The van der Waals surface area contributed by atoms with Gasteiger partial charge in [-0.25, -0.2) is 9.37 Å². The van der Waals surface area contributed by atoms with Crippen molar-refractivity contribution in [3.8, 4) is 5.75 Å². The Kier molecular flexibility index (Phi) is 7.59. The van der Waals surface area contributed by atoms with Crippen LogP contribution in [0.5, 0.6) is 5.75 Å². The fourth-order valence-corrected chi connectivity index (χ4v) is 6.16. The molecule has 2 aliphatic carbocycles. The Morgan fingerprint density at radius 2 is 1.75 bits per heavy atom. The van der Waals surface area contributed by atoms with Crippen molar-refractivity contribution < 1.29 is 13.9 Å². The Hall–Kier alpha value is -2.89. The van der Waals surface area contributed by atoms with Crippen molar-refractivity contribution in [1.82, 2.24) is 14.9 Å². The molecule has 6 heteroatoms. The molecule has 3 aromatic rings. The van der Waals surface area contributed by atoms with Gasteiger partial charge < -0.3 is 14.6 Å². The van der Waals surface area contributed by atoms with Crippen LogP contribution in [0.2, 0.25) is 0 Å². The molecule has 2 aliphatic rings. The van der Waals surface area contributed by atoms with Crippen LogP contribution in [0.1, 0.15) is 87.2 Å². The third-order valence-electron chi connectivity index (χ3n) is 8.01. The monoisotopic (exact) mass is 491 g/mol. The fourth-order valence-electron chi connectivity index (χ4n) is 6.16. The van der Waals surface area contributed by atoms with E-state index in [0.717, 1.165) is 62.7 Å². The topological polar surface area (TPSA) is 56.2 Å². The number of hydrogen-bond acceptors (Lipinski definition) is 3. The van der Waals surface area contributed by atoms with Crippen LogP contribution in [0, 0.1) is 25.6 Å². The van der Waals surface area contributed by atoms with Gasteiger partial charge in [-0.2, -0.15) is 0 Å². The summed E-state index contributed by atoms with van der Waals surface area (Å²) in [5.74, 6) is 1.39. The molecule has 0 bridgehead atoms. The van der Waals surface area contributed by atoms with E-state index in [0.29, 0.717) is 16.9 Å². The van der Waals surface area contributed by atoms with Crippen LogP contribution in [0.3, 0.4) is 0 Å². The van der Waals surface area contributed by atoms with E-state index in [1.165, 1.54) is 30.5 Å². The van der Waals surface area contributed by atoms with Crippen LogP contribution in [0.25, 0.3) is 11.0 Å². The Bertz CT molecular complexity index is 1210. The van der Waals surface area contributed by atoms with E-state index in [2.05, 4.69) is 18.3 Å². The Balaban J connectivity index is 1.53. The summed E-state index contributed by atoms with van der Waals surface area (Å²) in [5, 5.41) is 3.38. The Labute approximate surface area is 213 Å². The van der Waals surface area contributed by atoms with Crippen molar-refractivity contribution in [2.75, 3.05) is 0 Å². The van der Waals surface area contributed by atoms with Crippen molar-refractivity contribution in [2.45, 2.75) is 96.7 Å². The minimum absolute atomic E-state index is 0.0464. The molecule has 5 nitrogen and oxygen atoms in total. The molecule has 1 heterocycles. The number of halogens is 1. The van der Waals surface area contributed by atoms with Gasteiger partial charge in [0.05, 0.1) is 11.0 Å². The smallest absolute Gasteiger partial charge is 0.243 e. The number of nitrogens with one attached hydrogen (secondary N) is 1. The largest absolute Gasteiger partial charge is 0.485 e. The predicted octanol–water partition coefficient (Wildman–Crippen LogP) is 6.94. The molecule has 1 amide bonds. The number of carbonyl (C=O) groups excluding carboxylic acids is 1. The summed E-state index contributed by atoms with van der Waals surface area (Å²) in [7, 11) is 0. The molecule has 2 aromatic carbocycles. The number of nitrogens with zero attached hydrogens (tertiary/aromatic N) is 2. The first-order valence-electron chi connectivity index (χ1n) is 13.7. The molecular weight excluding hydrogens is 453 g/mol. The van der Waals surface area contributed by atoms with Crippen molar-refractivity contribution in [1.29, 1.82) is 0 Å². The molecule has 0 saturated heterocycles. The van der Waals surface area contributed by atoms with Crippen LogP contribution in [0.15, 0.2) is 36.4 Å². The molecule has 0 radical (unpaired) electrons. The van der Waals surface area contributed by atoms with E-state index >= 15 is 0 Å². The number of fused-ring (bicyclic) bond motifs is 1. The average Bonchev–Trinajstić information content (AvgIpc) is 3.22. The zero-order chi connectivity index (χ0) is 25.1. The van der Waals surface area contributed by atoms with E-state index in [4.69, 9.17) is 9.72 Å². The first-order valence-corrected chi connectivity index (χ1v) is 13.7. The highest BCUT2D eigenvalue weighted by molar-refractivity contribution is 5.85. The van der Waals surface area contributed by atoms with Gasteiger partial charge in [-0.1, -0.05) is 56.2 Å². The van der Waals surface area contributed by atoms with Gasteiger partial charge in [-0.3, -0.25) is 4.79 Å². The number of ether oxygens (including phenoxy) is 1. The molecule has 0 spiro atoms. The molecule has 0 unspecified atom stereocenters. The second kappa shape index (κ2) is 11.0. The van der Waals surface area contributed by atoms with E-state index in [-0.39, 0.29) is 30.3 Å². The zero-order valence-electron chi connectivity index (χ0n) is 21.6. The summed E-state index contributed by atoms with van der Waals surface area (Å²) in [5.41, 5.74) is 3.60. The normalized spacial score (nSPS) is 18.3. The quantitative estimate of drug-likeness (QED) is 0.389. The second-order valence-corrected chi connectivity index (χ2v) is 10.8. The van der Waals surface area contributed by atoms with Gasteiger partial charge in [0.2, 0.25) is 5.91 Å². The first-order chi connectivity index (χ1) is 17.5. The van der Waals surface area contributed by atoms with E-state index in [1.807, 2.05) is 23.6 Å². The van der Waals surface area contributed by atoms with E-state index in [9.17, 15) is 9.18 Å².